The van der Waals surface area contributed by atoms with E-state index in [2.05, 4.69) is 194 Å². The van der Waals surface area contributed by atoms with Crippen molar-refractivity contribution < 1.29 is 0 Å². The second-order valence-electron chi connectivity index (χ2n) is 14.7. The molecule has 0 aliphatic heterocycles. The highest BCUT2D eigenvalue weighted by molar-refractivity contribution is 6.16. The molecular formula is C53H32. The van der Waals surface area contributed by atoms with Gasteiger partial charge in [0, 0.05) is 0 Å². The van der Waals surface area contributed by atoms with E-state index in [9.17, 15) is 0 Å². The van der Waals surface area contributed by atoms with E-state index in [1.165, 1.54) is 110 Å². The second kappa shape index (κ2) is 10.6. The van der Waals surface area contributed by atoms with Gasteiger partial charge in [0.05, 0.1) is 5.41 Å². The summed E-state index contributed by atoms with van der Waals surface area (Å²) in [4.78, 5) is 0. The average Bonchev–Trinajstić information content (AvgIpc) is 3.52. The Bertz CT molecular complexity index is 3120. The Morgan fingerprint density at radius 1 is 0.264 bits per heavy atom. The normalized spacial score (nSPS) is 13.4. The summed E-state index contributed by atoms with van der Waals surface area (Å²) in [6, 6.07) is 73.0. The summed E-state index contributed by atoms with van der Waals surface area (Å²) in [5, 5.41) is 10.3. The molecule has 0 unspecified atom stereocenters. The van der Waals surface area contributed by atoms with Gasteiger partial charge in [0.15, 0.2) is 0 Å². The SMILES string of the molecule is c1ccc2c(c1)-c1ccccc1C21c2c(ccc3cc(-c4cccc5ccccc45)ccc23)-c2ccc(-c3cccc4ccccc34)c3cccc1c23. The fourth-order valence-corrected chi connectivity index (χ4v) is 10.2. The van der Waals surface area contributed by atoms with Crippen molar-refractivity contribution in [1.82, 2.24) is 0 Å². The van der Waals surface area contributed by atoms with E-state index in [-0.39, 0.29) is 0 Å². The molecule has 53 heavy (non-hydrogen) atoms. The van der Waals surface area contributed by atoms with Crippen LogP contribution in [0.2, 0.25) is 0 Å². The van der Waals surface area contributed by atoms with E-state index in [1.807, 2.05) is 0 Å². The highest BCUT2D eigenvalue weighted by atomic mass is 14.5. The van der Waals surface area contributed by atoms with Crippen molar-refractivity contribution in [1.29, 1.82) is 0 Å². The molecule has 0 radical (unpaired) electrons. The van der Waals surface area contributed by atoms with Crippen LogP contribution in [0.15, 0.2) is 194 Å². The zero-order valence-electron chi connectivity index (χ0n) is 29.0. The zero-order chi connectivity index (χ0) is 34.7. The summed E-state index contributed by atoms with van der Waals surface area (Å²) < 4.78 is 0. The van der Waals surface area contributed by atoms with Crippen molar-refractivity contribution in [2.45, 2.75) is 5.41 Å². The van der Waals surface area contributed by atoms with Gasteiger partial charge in [-0.3, -0.25) is 0 Å². The number of benzene rings is 10. The van der Waals surface area contributed by atoms with Gasteiger partial charge in [-0.1, -0.05) is 188 Å². The maximum Gasteiger partial charge on any atom is 0.0731 e. The molecule has 0 saturated carbocycles. The first-order chi connectivity index (χ1) is 26.3. The number of hydrogen-bond donors (Lipinski definition) is 0. The largest absolute Gasteiger partial charge is 0.0731 e. The van der Waals surface area contributed by atoms with Gasteiger partial charge in [0.25, 0.3) is 0 Å². The van der Waals surface area contributed by atoms with Gasteiger partial charge in [-0.05, 0) is 116 Å². The molecule has 12 rings (SSSR count). The van der Waals surface area contributed by atoms with Crippen molar-refractivity contribution in [3.05, 3.63) is 216 Å². The van der Waals surface area contributed by atoms with E-state index in [0.717, 1.165) is 0 Å². The van der Waals surface area contributed by atoms with Crippen molar-refractivity contribution in [2.24, 2.45) is 0 Å². The minimum atomic E-state index is -0.493. The van der Waals surface area contributed by atoms with E-state index in [4.69, 9.17) is 0 Å². The summed E-state index contributed by atoms with van der Waals surface area (Å²) in [6.45, 7) is 0. The lowest BCUT2D eigenvalue weighted by molar-refractivity contribution is 0.781. The van der Waals surface area contributed by atoms with Crippen LogP contribution >= 0.6 is 0 Å². The van der Waals surface area contributed by atoms with Crippen molar-refractivity contribution in [3.8, 4) is 44.5 Å². The molecule has 0 amide bonds. The minimum Gasteiger partial charge on any atom is -0.0619 e. The molecule has 10 aromatic carbocycles. The molecule has 0 aromatic heterocycles. The third kappa shape index (κ3) is 3.75. The van der Waals surface area contributed by atoms with Gasteiger partial charge in [-0.2, -0.15) is 0 Å². The Hall–Kier alpha value is -6.76. The van der Waals surface area contributed by atoms with Gasteiger partial charge in [0.1, 0.15) is 0 Å². The third-order valence-corrected chi connectivity index (χ3v) is 12.3. The molecule has 244 valence electrons. The van der Waals surface area contributed by atoms with E-state index < -0.39 is 5.41 Å². The summed E-state index contributed by atoms with van der Waals surface area (Å²) >= 11 is 0. The molecular weight excluding hydrogens is 637 g/mol. The lowest BCUT2D eigenvalue weighted by atomic mass is 9.60. The van der Waals surface area contributed by atoms with Crippen LogP contribution in [0.3, 0.4) is 0 Å². The van der Waals surface area contributed by atoms with E-state index >= 15 is 0 Å². The van der Waals surface area contributed by atoms with Gasteiger partial charge in [-0.25, -0.2) is 0 Å². The summed E-state index contributed by atoms with van der Waals surface area (Å²) in [5.41, 5.74) is 15.3. The number of fused-ring (bicyclic) bond motifs is 13. The second-order valence-corrected chi connectivity index (χ2v) is 14.7. The number of rotatable bonds is 2. The molecule has 2 aliphatic carbocycles. The fourth-order valence-electron chi connectivity index (χ4n) is 10.2. The van der Waals surface area contributed by atoms with Gasteiger partial charge in [0.2, 0.25) is 0 Å². The molecule has 0 saturated heterocycles. The molecule has 0 atom stereocenters. The Labute approximate surface area is 308 Å². The highest BCUT2D eigenvalue weighted by Crippen LogP contribution is 2.63. The average molecular weight is 669 g/mol. The lowest BCUT2D eigenvalue weighted by Crippen LogP contribution is -2.32. The maximum atomic E-state index is 2.42. The first kappa shape index (κ1) is 28.9. The minimum absolute atomic E-state index is 0.493. The summed E-state index contributed by atoms with van der Waals surface area (Å²) in [6.07, 6.45) is 0. The maximum absolute atomic E-state index is 2.42. The summed E-state index contributed by atoms with van der Waals surface area (Å²) in [7, 11) is 0. The van der Waals surface area contributed by atoms with Gasteiger partial charge >= 0.3 is 0 Å². The molecule has 1 spiro atoms. The monoisotopic (exact) mass is 668 g/mol. The quantitative estimate of drug-likeness (QED) is 0.172. The molecule has 2 aliphatic rings. The summed E-state index contributed by atoms with van der Waals surface area (Å²) in [5.74, 6) is 0. The number of hydrogen-bond acceptors (Lipinski definition) is 0. The molecule has 0 bridgehead atoms. The van der Waals surface area contributed by atoms with Crippen LogP contribution in [0.1, 0.15) is 22.3 Å². The van der Waals surface area contributed by atoms with Crippen molar-refractivity contribution >= 4 is 43.1 Å². The molecule has 0 fully saturated rings. The van der Waals surface area contributed by atoms with Gasteiger partial charge in [-0.15, -0.1) is 0 Å². The van der Waals surface area contributed by atoms with Crippen LogP contribution in [-0.4, -0.2) is 0 Å². The van der Waals surface area contributed by atoms with E-state index in [0.29, 0.717) is 0 Å². The molecule has 0 heteroatoms. The Kier molecular flexibility index (Phi) is 5.80. The molecule has 0 nitrogen and oxygen atoms in total. The highest BCUT2D eigenvalue weighted by Gasteiger charge is 2.50. The smallest absolute Gasteiger partial charge is 0.0619 e. The van der Waals surface area contributed by atoms with Crippen LogP contribution in [-0.2, 0) is 5.41 Å². The molecule has 0 heterocycles. The predicted molar refractivity (Wildman–Crippen MR) is 224 cm³/mol. The van der Waals surface area contributed by atoms with Crippen LogP contribution < -0.4 is 0 Å². The predicted octanol–water partition coefficient (Wildman–Crippen LogP) is 14.0. The molecule has 10 aromatic rings. The van der Waals surface area contributed by atoms with Gasteiger partial charge < -0.3 is 0 Å². The Morgan fingerprint density at radius 3 is 1.53 bits per heavy atom. The van der Waals surface area contributed by atoms with Crippen LogP contribution in [0.5, 0.6) is 0 Å². The first-order valence-corrected chi connectivity index (χ1v) is 18.6. The Morgan fingerprint density at radius 2 is 0.774 bits per heavy atom. The standard InChI is InChI=1S/C53H32/c1-3-16-37-33(12-1)14-9-20-39(37)35-26-28-40-36(32-35)27-29-47-46-31-30-42(41-21-10-15-34-13-2-4-17-38(34)41)45-22-11-25-50(51(45)46)53(52(40)47)48-23-7-5-18-43(48)44-19-6-8-24-49(44)53/h1-32H. The first-order valence-electron chi connectivity index (χ1n) is 18.6. The van der Waals surface area contributed by atoms with Crippen molar-refractivity contribution in [3.63, 3.8) is 0 Å². The van der Waals surface area contributed by atoms with E-state index in [1.54, 1.807) is 0 Å². The van der Waals surface area contributed by atoms with Crippen LogP contribution in [0.4, 0.5) is 0 Å². The Balaban J connectivity index is 1.22. The lowest BCUT2D eigenvalue weighted by Gasteiger charge is -2.41. The fraction of sp³-hybridized carbons (Fsp3) is 0.0189. The van der Waals surface area contributed by atoms with Crippen LogP contribution in [0.25, 0.3) is 87.6 Å². The molecule has 0 N–H and O–H groups in total. The zero-order valence-corrected chi connectivity index (χ0v) is 29.0. The van der Waals surface area contributed by atoms with Crippen molar-refractivity contribution in [2.75, 3.05) is 0 Å². The topological polar surface area (TPSA) is 0 Å². The third-order valence-electron chi connectivity index (χ3n) is 12.3. The van der Waals surface area contributed by atoms with Crippen LogP contribution in [0, 0.1) is 0 Å².